The Morgan fingerprint density at radius 2 is 1.66 bits per heavy atom. The fourth-order valence-electron chi connectivity index (χ4n) is 4.31. The Labute approximate surface area is 201 Å². The van der Waals surface area contributed by atoms with Crippen LogP contribution in [0.1, 0.15) is 62.1 Å². The van der Waals surface area contributed by atoms with Crippen molar-refractivity contribution < 1.29 is 9.59 Å². The number of carbonyl (C=O) groups excluding carboxylic acids is 2. The predicted molar refractivity (Wildman–Crippen MR) is 131 cm³/mol. The second-order valence-electron chi connectivity index (χ2n) is 8.65. The molecule has 1 saturated carbocycles. The number of hydrogen-bond donors (Lipinski definition) is 1. The van der Waals surface area contributed by atoms with Crippen LogP contribution in [-0.4, -0.2) is 28.8 Å². The fraction of sp³-hybridized carbons (Fsp3) is 0.462. The molecule has 0 bridgehead atoms. The number of benzene rings is 2. The van der Waals surface area contributed by atoms with E-state index in [2.05, 4.69) is 5.32 Å². The molecule has 4 nitrogen and oxygen atoms in total. The molecule has 0 aliphatic heterocycles. The molecular weight excluding hydrogens is 443 g/mol. The van der Waals surface area contributed by atoms with Crippen molar-refractivity contribution in [2.75, 3.05) is 0 Å². The van der Waals surface area contributed by atoms with Gasteiger partial charge in [0, 0.05) is 22.6 Å². The molecule has 6 heteroatoms. The lowest BCUT2D eigenvalue weighted by Gasteiger charge is -2.33. The molecule has 1 atom stereocenters. The van der Waals surface area contributed by atoms with Crippen LogP contribution in [0.5, 0.6) is 0 Å². The van der Waals surface area contributed by atoms with Crippen molar-refractivity contribution >= 4 is 35.0 Å². The molecule has 2 aromatic rings. The van der Waals surface area contributed by atoms with E-state index in [4.69, 9.17) is 23.2 Å². The van der Waals surface area contributed by atoms with E-state index in [1.54, 1.807) is 23.1 Å². The summed E-state index contributed by atoms with van der Waals surface area (Å²) < 4.78 is 0. The van der Waals surface area contributed by atoms with E-state index >= 15 is 0 Å². The maximum Gasteiger partial charge on any atom is 0.243 e. The van der Waals surface area contributed by atoms with Gasteiger partial charge in [-0.25, -0.2) is 0 Å². The molecule has 1 N–H and O–H groups in total. The second kappa shape index (κ2) is 11.7. The highest BCUT2D eigenvalue weighted by Crippen LogP contribution is 2.26. The van der Waals surface area contributed by atoms with Crippen molar-refractivity contribution in [1.29, 1.82) is 0 Å². The Morgan fingerprint density at radius 3 is 2.25 bits per heavy atom. The Kier molecular flexibility index (Phi) is 9.01. The molecule has 0 saturated heterocycles. The van der Waals surface area contributed by atoms with Gasteiger partial charge in [0.15, 0.2) is 0 Å². The van der Waals surface area contributed by atoms with Crippen molar-refractivity contribution in [3.05, 3.63) is 69.2 Å². The first-order valence-corrected chi connectivity index (χ1v) is 12.2. The maximum absolute atomic E-state index is 13.5. The van der Waals surface area contributed by atoms with Crippen LogP contribution in [0.2, 0.25) is 10.0 Å². The lowest BCUT2D eigenvalue weighted by atomic mass is 9.95. The molecule has 1 fully saturated rings. The van der Waals surface area contributed by atoms with Crippen LogP contribution in [0.3, 0.4) is 0 Å². The van der Waals surface area contributed by atoms with Crippen LogP contribution in [0.15, 0.2) is 42.5 Å². The molecule has 2 aromatic carbocycles. The molecule has 3 rings (SSSR count). The second-order valence-corrected chi connectivity index (χ2v) is 9.47. The molecule has 1 unspecified atom stereocenters. The number of nitrogens with one attached hydrogen (secondary N) is 1. The summed E-state index contributed by atoms with van der Waals surface area (Å²) in [6.07, 6.45) is 6.09. The number of hydrogen-bond acceptors (Lipinski definition) is 2. The van der Waals surface area contributed by atoms with Gasteiger partial charge in [0.25, 0.3) is 0 Å². The summed E-state index contributed by atoms with van der Waals surface area (Å²) >= 11 is 12.7. The normalized spacial score (nSPS) is 15.2. The Hall–Kier alpha value is -2.04. The van der Waals surface area contributed by atoms with Gasteiger partial charge in [-0.3, -0.25) is 9.59 Å². The molecule has 2 amide bonds. The standard InChI is InChI=1S/C26H32Cl2N2O2/c1-3-24(26(32)29-20-8-5-4-6-9-20)30(17-19-14-12-18(2)13-15-19)25(31)16-21-22(27)10-7-11-23(21)28/h7,10-15,20,24H,3-6,8-9,16-17H2,1-2H3,(H,29,32). The van der Waals surface area contributed by atoms with Crippen molar-refractivity contribution in [2.24, 2.45) is 0 Å². The summed E-state index contributed by atoms with van der Waals surface area (Å²) in [5.41, 5.74) is 2.73. The quantitative estimate of drug-likeness (QED) is 0.502. The zero-order valence-corrected chi connectivity index (χ0v) is 20.4. The Morgan fingerprint density at radius 1 is 1.03 bits per heavy atom. The van der Waals surface area contributed by atoms with E-state index < -0.39 is 6.04 Å². The summed E-state index contributed by atoms with van der Waals surface area (Å²) in [5.74, 6) is -0.240. The third-order valence-electron chi connectivity index (χ3n) is 6.20. The van der Waals surface area contributed by atoms with Gasteiger partial charge in [-0.15, -0.1) is 0 Å². The number of aryl methyl sites for hydroxylation is 1. The topological polar surface area (TPSA) is 49.4 Å². The summed E-state index contributed by atoms with van der Waals surface area (Å²) in [6, 6.07) is 12.9. The predicted octanol–water partition coefficient (Wildman–Crippen LogP) is 6.10. The minimum atomic E-state index is -0.549. The molecule has 32 heavy (non-hydrogen) atoms. The molecule has 1 aliphatic carbocycles. The number of carbonyl (C=O) groups is 2. The molecule has 0 heterocycles. The zero-order valence-electron chi connectivity index (χ0n) is 18.9. The summed E-state index contributed by atoms with van der Waals surface area (Å²) in [5, 5.41) is 4.12. The van der Waals surface area contributed by atoms with E-state index in [0.29, 0.717) is 28.6 Å². The van der Waals surface area contributed by atoms with Crippen molar-refractivity contribution in [2.45, 2.75) is 77.4 Å². The number of amides is 2. The zero-order chi connectivity index (χ0) is 23.1. The van der Waals surface area contributed by atoms with E-state index in [0.717, 1.165) is 36.8 Å². The van der Waals surface area contributed by atoms with Crippen LogP contribution in [0.25, 0.3) is 0 Å². The van der Waals surface area contributed by atoms with Gasteiger partial charge in [-0.05, 0) is 49.4 Å². The largest absolute Gasteiger partial charge is 0.352 e. The smallest absolute Gasteiger partial charge is 0.243 e. The van der Waals surface area contributed by atoms with Crippen LogP contribution in [-0.2, 0) is 22.6 Å². The summed E-state index contributed by atoms with van der Waals surface area (Å²) in [4.78, 5) is 28.5. The van der Waals surface area contributed by atoms with Gasteiger partial charge in [-0.2, -0.15) is 0 Å². The third-order valence-corrected chi connectivity index (χ3v) is 6.91. The maximum atomic E-state index is 13.5. The number of nitrogens with zero attached hydrogens (tertiary/aromatic N) is 1. The SMILES string of the molecule is CCC(C(=O)NC1CCCCC1)N(Cc1ccc(C)cc1)C(=O)Cc1c(Cl)cccc1Cl. The summed E-state index contributed by atoms with van der Waals surface area (Å²) in [6.45, 7) is 4.33. The highest BCUT2D eigenvalue weighted by atomic mass is 35.5. The number of halogens is 2. The number of rotatable bonds is 8. The first-order valence-electron chi connectivity index (χ1n) is 11.5. The monoisotopic (exact) mass is 474 g/mol. The van der Waals surface area contributed by atoms with Crippen molar-refractivity contribution in [1.82, 2.24) is 10.2 Å². The van der Waals surface area contributed by atoms with Crippen molar-refractivity contribution in [3.63, 3.8) is 0 Å². The van der Waals surface area contributed by atoms with Crippen LogP contribution < -0.4 is 5.32 Å². The van der Waals surface area contributed by atoms with Gasteiger partial charge in [0.05, 0.1) is 6.42 Å². The van der Waals surface area contributed by atoms with Gasteiger partial charge >= 0.3 is 0 Å². The average Bonchev–Trinajstić information content (AvgIpc) is 2.78. The molecule has 0 radical (unpaired) electrons. The van der Waals surface area contributed by atoms with Gasteiger partial charge in [0.2, 0.25) is 11.8 Å². The van der Waals surface area contributed by atoms with E-state index in [1.807, 2.05) is 38.1 Å². The van der Waals surface area contributed by atoms with Crippen LogP contribution in [0, 0.1) is 6.92 Å². The third kappa shape index (κ3) is 6.49. The highest BCUT2D eigenvalue weighted by Gasteiger charge is 2.30. The van der Waals surface area contributed by atoms with Crippen LogP contribution in [0.4, 0.5) is 0 Å². The molecule has 0 spiro atoms. The lowest BCUT2D eigenvalue weighted by Crippen LogP contribution is -2.52. The van der Waals surface area contributed by atoms with Gasteiger partial charge in [-0.1, -0.05) is 85.3 Å². The molecule has 172 valence electrons. The van der Waals surface area contributed by atoms with E-state index in [-0.39, 0.29) is 24.3 Å². The summed E-state index contributed by atoms with van der Waals surface area (Å²) in [7, 11) is 0. The molecular formula is C26H32Cl2N2O2. The fourth-order valence-corrected chi connectivity index (χ4v) is 4.84. The Balaban J connectivity index is 1.84. The first-order chi connectivity index (χ1) is 15.4. The van der Waals surface area contributed by atoms with Crippen LogP contribution >= 0.6 is 23.2 Å². The lowest BCUT2D eigenvalue weighted by molar-refractivity contribution is -0.141. The van der Waals surface area contributed by atoms with Crippen molar-refractivity contribution in [3.8, 4) is 0 Å². The first kappa shape index (κ1) is 24.6. The minimum Gasteiger partial charge on any atom is -0.352 e. The molecule has 1 aliphatic rings. The average molecular weight is 475 g/mol. The highest BCUT2D eigenvalue weighted by molar-refractivity contribution is 6.36. The van der Waals surface area contributed by atoms with Gasteiger partial charge < -0.3 is 10.2 Å². The van der Waals surface area contributed by atoms with E-state index in [1.165, 1.54) is 6.42 Å². The van der Waals surface area contributed by atoms with Gasteiger partial charge in [0.1, 0.15) is 6.04 Å². The minimum absolute atomic E-state index is 0.0532. The molecule has 0 aromatic heterocycles. The van der Waals surface area contributed by atoms with E-state index in [9.17, 15) is 9.59 Å². The Bertz CT molecular complexity index is 904.